The zero-order chi connectivity index (χ0) is 17.1. The molecule has 0 radical (unpaired) electrons. The molecule has 0 bridgehead atoms. The third-order valence-corrected chi connectivity index (χ3v) is 5.03. The van der Waals surface area contributed by atoms with Crippen molar-refractivity contribution < 1.29 is 9.32 Å². The maximum Gasteiger partial charge on any atom is 0.244 e. The molecule has 25 heavy (non-hydrogen) atoms. The Hall–Kier alpha value is -2.55. The van der Waals surface area contributed by atoms with Crippen molar-refractivity contribution in [3.8, 4) is 11.4 Å². The van der Waals surface area contributed by atoms with Crippen molar-refractivity contribution >= 4 is 17.2 Å². The average molecular weight is 358 g/mol. The van der Waals surface area contributed by atoms with Gasteiger partial charge in [0, 0.05) is 30.5 Å². The van der Waals surface area contributed by atoms with E-state index in [2.05, 4.69) is 20.2 Å². The molecule has 0 aliphatic carbocycles. The van der Waals surface area contributed by atoms with Gasteiger partial charge in [-0.1, -0.05) is 5.16 Å². The van der Waals surface area contributed by atoms with Crippen LogP contribution in [-0.2, 0) is 17.8 Å². The molecule has 0 N–H and O–H groups in total. The molecule has 1 amide bonds. The van der Waals surface area contributed by atoms with E-state index >= 15 is 0 Å². The molecule has 0 spiro atoms. The van der Waals surface area contributed by atoms with Crippen LogP contribution < -0.4 is 0 Å². The SMILES string of the molecule is O=C(Cn1cncn1)N1CCC[C@H](Cc2nc(-c3ccsc3)no2)C1. The van der Waals surface area contributed by atoms with Crippen molar-refractivity contribution in [3.63, 3.8) is 0 Å². The molecular weight excluding hydrogens is 340 g/mol. The first-order chi connectivity index (χ1) is 12.3. The van der Waals surface area contributed by atoms with Gasteiger partial charge < -0.3 is 9.42 Å². The van der Waals surface area contributed by atoms with E-state index in [4.69, 9.17) is 4.52 Å². The molecule has 0 unspecified atom stereocenters. The lowest BCUT2D eigenvalue weighted by Gasteiger charge is -2.32. The van der Waals surface area contributed by atoms with E-state index in [0.29, 0.717) is 30.6 Å². The summed E-state index contributed by atoms with van der Waals surface area (Å²) in [5.74, 6) is 1.67. The fraction of sp³-hybridized carbons (Fsp3) is 0.438. The second kappa shape index (κ2) is 7.14. The third-order valence-electron chi connectivity index (χ3n) is 4.35. The van der Waals surface area contributed by atoms with E-state index < -0.39 is 0 Å². The molecule has 0 saturated carbocycles. The smallest absolute Gasteiger partial charge is 0.244 e. The molecule has 0 aromatic carbocycles. The number of carbonyl (C=O) groups is 1. The third kappa shape index (κ3) is 3.76. The molecule has 1 fully saturated rings. The van der Waals surface area contributed by atoms with Crippen LogP contribution in [0.5, 0.6) is 0 Å². The Morgan fingerprint density at radius 2 is 2.40 bits per heavy atom. The maximum atomic E-state index is 12.4. The van der Waals surface area contributed by atoms with Crippen molar-refractivity contribution in [1.82, 2.24) is 29.8 Å². The van der Waals surface area contributed by atoms with Crippen LogP contribution in [0.1, 0.15) is 18.7 Å². The van der Waals surface area contributed by atoms with Gasteiger partial charge in [0.25, 0.3) is 0 Å². The molecule has 4 rings (SSSR count). The van der Waals surface area contributed by atoms with E-state index in [9.17, 15) is 4.79 Å². The summed E-state index contributed by atoms with van der Waals surface area (Å²) in [6, 6.07) is 1.98. The highest BCUT2D eigenvalue weighted by molar-refractivity contribution is 7.08. The van der Waals surface area contributed by atoms with Crippen LogP contribution in [-0.4, -0.2) is 48.8 Å². The Kier molecular flexibility index (Phi) is 4.55. The van der Waals surface area contributed by atoms with Crippen molar-refractivity contribution in [1.29, 1.82) is 0 Å². The number of carbonyl (C=O) groups excluding carboxylic acids is 1. The number of piperidine rings is 1. The van der Waals surface area contributed by atoms with Gasteiger partial charge in [-0.2, -0.15) is 21.4 Å². The van der Waals surface area contributed by atoms with Gasteiger partial charge in [-0.05, 0) is 30.2 Å². The fourth-order valence-electron chi connectivity index (χ4n) is 3.10. The summed E-state index contributed by atoms with van der Waals surface area (Å²) in [4.78, 5) is 22.7. The summed E-state index contributed by atoms with van der Waals surface area (Å²) in [5.41, 5.74) is 0.980. The molecule has 4 heterocycles. The number of rotatable bonds is 5. The molecule has 1 atom stereocenters. The van der Waals surface area contributed by atoms with E-state index in [0.717, 1.165) is 24.9 Å². The number of aromatic nitrogens is 5. The summed E-state index contributed by atoms with van der Waals surface area (Å²) in [6.45, 7) is 1.73. The number of amides is 1. The van der Waals surface area contributed by atoms with Crippen LogP contribution >= 0.6 is 11.3 Å². The van der Waals surface area contributed by atoms with Crippen molar-refractivity contribution in [2.75, 3.05) is 13.1 Å². The van der Waals surface area contributed by atoms with Crippen LogP contribution in [0.2, 0.25) is 0 Å². The zero-order valence-corrected chi connectivity index (χ0v) is 14.4. The topological polar surface area (TPSA) is 89.9 Å². The molecule has 1 saturated heterocycles. The Morgan fingerprint density at radius 1 is 1.44 bits per heavy atom. The second-order valence-corrected chi connectivity index (χ2v) is 6.95. The summed E-state index contributed by atoms with van der Waals surface area (Å²) >= 11 is 1.61. The monoisotopic (exact) mass is 358 g/mol. The highest BCUT2D eigenvalue weighted by Gasteiger charge is 2.25. The minimum atomic E-state index is 0.0692. The standard InChI is InChI=1S/C16H18N6O2S/c23-15(8-22-11-17-10-18-22)21-4-1-2-12(7-21)6-14-19-16(20-24-14)13-3-5-25-9-13/h3,5,9-12H,1-2,4,6-8H2/t12-/m1/s1. The Balaban J connectivity index is 1.36. The van der Waals surface area contributed by atoms with E-state index in [-0.39, 0.29) is 12.5 Å². The lowest BCUT2D eigenvalue weighted by molar-refractivity contribution is -0.133. The van der Waals surface area contributed by atoms with Gasteiger partial charge in [0.2, 0.25) is 17.6 Å². The summed E-state index contributed by atoms with van der Waals surface area (Å²) in [5, 5.41) is 12.0. The Morgan fingerprint density at radius 3 is 3.20 bits per heavy atom. The largest absolute Gasteiger partial charge is 0.341 e. The average Bonchev–Trinajstić information content (AvgIpc) is 3.37. The van der Waals surface area contributed by atoms with Crippen molar-refractivity contribution in [2.45, 2.75) is 25.8 Å². The highest BCUT2D eigenvalue weighted by atomic mass is 32.1. The lowest BCUT2D eigenvalue weighted by atomic mass is 9.94. The summed E-state index contributed by atoms with van der Waals surface area (Å²) < 4.78 is 6.94. The van der Waals surface area contributed by atoms with Crippen molar-refractivity contribution in [3.05, 3.63) is 35.4 Å². The zero-order valence-electron chi connectivity index (χ0n) is 13.6. The van der Waals surface area contributed by atoms with Crippen LogP contribution in [0.25, 0.3) is 11.4 Å². The molecule has 8 nitrogen and oxygen atoms in total. The maximum absolute atomic E-state index is 12.4. The summed E-state index contributed by atoms with van der Waals surface area (Å²) in [6.07, 6.45) is 5.74. The number of nitrogens with zero attached hydrogens (tertiary/aromatic N) is 6. The lowest BCUT2D eigenvalue weighted by Crippen LogP contribution is -2.42. The molecule has 9 heteroatoms. The Labute approximate surface area is 148 Å². The van der Waals surface area contributed by atoms with Gasteiger partial charge in [0.05, 0.1) is 0 Å². The van der Waals surface area contributed by atoms with Gasteiger partial charge in [-0.25, -0.2) is 9.67 Å². The van der Waals surface area contributed by atoms with Crippen LogP contribution in [0.15, 0.2) is 34.0 Å². The minimum Gasteiger partial charge on any atom is -0.341 e. The summed E-state index contributed by atoms with van der Waals surface area (Å²) in [7, 11) is 0. The van der Waals surface area contributed by atoms with Crippen molar-refractivity contribution in [2.24, 2.45) is 5.92 Å². The number of likely N-dealkylation sites (tertiary alicyclic amines) is 1. The van der Waals surface area contributed by atoms with Gasteiger partial charge in [-0.3, -0.25) is 4.79 Å². The first kappa shape index (κ1) is 15.9. The molecule has 130 valence electrons. The van der Waals surface area contributed by atoms with Crippen LogP contribution in [0.4, 0.5) is 0 Å². The van der Waals surface area contributed by atoms with Crippen LogP contribution in [0, 0.1) is 5.92 Å². The van der Waals surface area contributed by atoms with Gasteiger partial charge >= 0.3 is 0 Å². The number of hydrogen-bond acceptors (Lipinski definition) is 7. The normalized spacial score (nSPS) is 17.8. The molecule has 1 aliphatic heterocycles. The Bertz CT molecular complexity index is 814. The minimum absolute atomic E-state index is 0.0692. The molecule has 3 aromatic rings. The molecule has 1 aliphatic rings. The van der Waals surface area contributed by atoms with E-state index in [1.165, 1.54) is 6.33 Å². The van der Waals surface area contributed by atoms with Gasteiger partial charge in [0.15, 0.2) is 0 Å². The van der Waals surface area contributed by atoms with E-state index in [1.807, 2.05) is 21.7 Å². The molecular formula is C16H18N6O2S. The first-order valence-electron chi connectivity index (χ1n) is 8.23. The molecule has 3 aromatic heterocycles. The number of hydrogen-bond donors (Lipinski definition) is 0. The van der Waals surface area contributed by atoms with Crippen LogP contribution in [0.3, 0.4) is 0 Å². The van der Waals surface area contributed by atoms with Gasteiger partial charge in [0.1, 0.15) is 19.2 Å². The predicted octanol–water partition coefficient (Wildman–Crippen LogP) is 1.87. The van der Waals surface area contributed by atoms with Gasteiger partial charge in [-0.15, -0.1) is 0 Å². The second-order valence-electron chi connectivity index (χ2n) is 6.17. The quantitative estimate of drug-likeness (QED) is 0.692. The highest BCUT2D eigenvalue weighted by Crippen LogP contribution is 2.23. The number of thiophene rings is 1. The van der Waals surface area contributed by atoms with E-state index in [1.54, 1.807) is 22.3 Å². The predicted molar refractivity (Wildman–Crippen MR) is 90.6 cm³/mol. The first-order valence-corrected chi connectivity index (χ1v) is 9.17. The fourth-order valence-corrected chi connectivity index (χ4v) is 3.74.